The Morgan fingerprint density at radius 2 is 1.91 bits per heavy atom. The zero-order chi connectivity index (χ0) is 16.1. The second-order valence-corrected chi connectivity index (χ2v) is 6.36. The normalized spacial score (nSPS) is 22.4. The monoisotopic (exact) mass is 317 g/mol. The Labute approximate surface area is 138 Å². The molecule has 2 aliphatic rings. The van der Waals surface area contributed by atoms with Gasteiger partial charge in [0.25, 0.3) is 0 Å². The van der Waals surface area contributed by atoms with Crippen molar-refractivity contribution in [3.05, 3.63) is 30.3 Å². The van der Waals surface area contributed by atoms with Crippen molar-refractivity contribution in [2.75, 3.05) is 37.7 Å². The molecule has 0 unspecified atom stereocenters. The lowest BCUT2D eigenvalue weighted by Crippen LogP contribution is -2.49. The van der Waals surface area contributed by atoms with Gasteiger partial charge in [0.05, 0.1) is 6.10 Å². The molecule has 0 aromatic heterocycles. The Kier molecular flexibility index (Phi) is 5.39. The molecule has 126 valence electrons. The summed E-state index contributed by atoms with van der Waals surface area (Å²) in [5.74, 6) is 0. The molecular weight excluding hydrogens is 290 g/mol. The highest BCUT2D eigenvalue weighted by Gasteiger charge is 2.28. The van der Waals surface area contributed by atoms with Crippen molar-refractivity contribution in [3.8, 4) is 0 Å². The average Bonchev–Trinajstić information content (AvgIpc) is 3.05. The van der Waals surface area contributed by atoms with Crippen molar-refractivity contribution in [2.24, 2.45) is 0 Å². The van der Waals surface area contributed by atoms with Crippen molar-refractivity contribution in [3.63, 3.8) is 0 Å². The summed E-state index contributed by atoms with van der Waals surface area (Å²) in [6.07, 6.45) is 3.23. The zero-order valence-electron chi connectivity index (χ0n) is 13.9. The summed E-state index contributed by atoms with van der Waals surface area (Å²) in [5, 5.41) is 3.20. The first-order chi connectivity index (χ1) is 11.3. The van der Waals surface area contributed by atoms with Crippen LogP contribution in [0.4, 0.5) is 10.5 Å². The molecule has 1 N–H and O–H groups in total. The molecule has 1 aromatic carbocycles. The average molecular weight is 317 g/mol. The molecule has 3 rings (SSSR count). The number of urea groups is 1. The van der Waals surface area contributed by atoms with Crippen molar-refractivity contribution < 1.29 is 9.53 Å². The van der Waals surface area contributed by atoms with Gasteiger partial charge in [-0.3, -0.25) is 0 Å². The molecule has 5 nitrogen and oxygen atoms in total. The Hall–Kier alpha value is -1.75. The molecule has 0 saturated carbocycles. The first-order valence-electron chi connectivity index (χ1n) is 8.73. The molecule has 1 atom stereocenters. The Balaban J connectivity index is 1.44. The third-order valence-corrected chi connectivity index (χ3v) is 4.77. The van der Waals surface area contributed by atoms with Gasteiger partial charge in [0.2, 0.25) is 0 Å². The quantitative estimate of drug-likeness (QED) is 0.928. The van der Waals surface area contributed by atoms with E-state index in [1.54, 1.807) is 0 Å². The molecule has 0 spiro atoms. The van der Waals surface area contributed by atoms with Gasteiger partial charge < -0.3 is 19.9 Å². The highest BCUT2D eigenvalue weighted by molar-refractivity contribution is 5.74. The number of likely N-dealkylation sites (tertiary alicyclic amines) is 1. The predicted octanol–water partition coefficient (Wildman–Crippen LogP) is 2.48. The van der Waals surface area contributed by atoms with Crippen LogP contribution in [0.2, 0.25) is 0 Å². The number of ether oxygens (including phenoxy) is 1. The van der Waals surface area contributed by atoms with Gasteiger partial charge in [-0.15, -0.1) is 0 Å². The molecule has 2 saturated heterocycles. The molecule has 0 bridgehead atoms. The lowest BCUT2D eigenvalue weighted by Gasteiger charge is -2.32. The number of carbonyl (C=O) groups excluding carboxylic acids is 1. The number of nitrogens with one attached hydrogen (secondary N) is 1. The van der Waals surface area contributed by atoms with Crippen LogP contribution in [0.3, 0.4) is 0 Å². The highest BCUT2D eigenvalue weighted by Crippen LogP contribution is 2.20. The van der Waals surface area contributed by atoms with Crippen LogP contribution in [0, 0.1) is 0 Å². The topological polar surface area (TPSA) is 44.8 Å². The smallest absolute Gasteiger partial charge is 0.317 e. The third-order valence-electron chi connectivity index (χ3n) is 4.77. The number of carbonyl (C=O) groups is 1. The molecule has 2 heterocycles. The van der Waals surface area contributed by atoms with Crippen LogP contribution in [0.25, 0.3) is 0 Å². The van der Waals surface area contributed by atoms with Crippen LogP contribution in [0.5, 0.6) is 0 Å². The SMILES string of the molecule is CCOC1CCN(C(=O)N[C@H]2CCN(c3ccccc3)C2)CC1. The van der Waals surface area contributed by atoms with E-state index in [0.29, 0.717) is 6.10 Å². The summed E-state index contributed by atoms with van der Waals surface area (Å²) in [5.41, 5.74) is 1.24. The second kappa shape index (κ2) is 7.68. The number of benzene rings is 1. The molecule has 2 aliphatic heterocycles. The Bertz CT molecular complexity index is 500. The number of piperidine rings is 1. The summed E-state index contributed by atoms with van der Waals surface area (Å²) in [6.45, 7) is 6.27. The van der Waals surface area contributed by atoms with Gasteiger partial charge in [-0.2, -0.15) is 0 Å². The summed E-state index contributed by atoms with van der Waals surface area (Å²) < 4.78 is 5.64. The van der Waals surface area contributed by atoms with Gasteiger partial charge in [0.15, 0.2) is 0 Å². The standard InChI is InChI=1S/C18H27N3O2/c1-2-23-17-9-12-20(13-10-17)18(22)19-15-8-11-21(14-15)16-6-4-3-5-7-16/h3-7,15,17H,2,8-14H2,1H3,(H,19,22)/t15-/m0/s1. The molecular formula is C18H27N3O2. The highest BCUT2D eigenvalue weighted by atomic mass is 16.5. The number of para-hydroxylation sites is 1. The lowest BCUT2D eigenvalue weighted by molar-refractivity contribution is 0.0218. The first-order valence-corrected chi connectivity index (χ1v) is 8.73. The van der Waals surface area contributed by atoms with Crippen molar-refractivity contribution in [1.29, 1.82) is 0 Å². The largest absolute Gasteiger partial charge is 0.378 e. The Morgan fingerprint density at radius 1 is 1.17 bits per heavy atom. The number of amides is 2. The molecule has 0 radical (unpaired) electrons. The summed E-state index contributed by atoms with van der Waals surface area (Å²) in [6, 6.07) is 10.7. The summed E-state index contributed by atoms with van der Waals surface area (Å²) >= 11 is 0. The minimum atomic E-state index is 0.0832. The van der Waals surface area contributed by atoms with Crippen LogP contribution in [-0.2, 0) is 4.74 Å². The van der Waals surface area contributed by atoms with Crippen LogP contribution in [0.1, 0.15) is 26.2 Å². The van der Waals surface area contributed by atoms with E-state index >= 15 is 0 Å². The number of hydrogen-bond acceptors (Lipinski definition) is 3. The molecule has 0 aliphatic carbocycles. The van der Waals surface area contributed by atoms with E-state index in [0.717, 1.165) is 52.0 Å². The van der Waals surface area contributed by atoms with Crippen LogP contribution >= 0.6 is 0 Å². The molecule has 2 fully saturated rings. The fourth-order valence-electron chi connectivity index (χ4n) is 3.48. The first kappa shape index (κ1) is 16.1. The number of rotatable bonds is 4. The fourth-order valence-corrected chi connectivity index (χ4v) is 3.48. The van der Waals surface area contributed by atoms with E-state index in [4.69, 9.17) is 4.74 Å². The molecule has 23 heavy (non-hydrogen) atoms. The van der Waals surface area contributed by atoms with E-state index in [1.165, 1.54) is 5.69 Å². The van der Waals surface area contributed by atoms with E-state index in [9.17, 15) is 4.79 Å². The third kappa shape index (κ3) is 4.16. The second-order valence-electron chi connectivity index (χ2n) is 6.36. The van der Waals surface area contributed by atoms with Crippen molar-refractivity contribution >= 4 is 11.7 Å². The fraction of sp³-hybridized carbons (Fsp3) is 0.611. The van der Waals surface area contributed by atoms with Crippen LogP contribution in [0.15, 0.2) is 30.3 Å². The van der Waals surface area contributed by atoms with Gasteiger partial charge in [-0.1, -0.05) is 18.2 Å². The van der Waals surface area contributed by atoms with Crippen molar-refractivity contribution in [2.45, 2.75) is 38.3 Å². The van der Waals surface area contributed by atoms with Gasteiger partial charge >= 0.3 is 6.03 Å². The van der Waals surface area contributed by atoms with Gasteiger partial charge in [-0.25, -0.2) is 4.79 Å². The predicted molar refractivity (Wildman–Crippen MR) is 91.8 cm³/mol. The van der Waals surface area contributed by atoms with E-state index in [2.05, 4.69) is 34.5 Å². The number of nitrogens with zero attached hydrogens (tertiary/aromatic N) is 2. The van der Waals surface area contributed by atoms with Crippen LogP contribution in [-0.4, -0.2) is 55.9 Å². The number of anilines is 1. The lowest BCUT2D eigenvalue weighted by atomic mass is 10.1. The van der Waals surface area contributed by atoms with Gasteiger partial charge in [0, 0.05) is 44.5 Å². The van der Waals surface area contributed by atoms with Crippen molar-refractivity contribution in [1.82, 2.24) is 10.2 Å². The maximum Gasteiger partial charge on any atom is 0.317 e. The molecule has 1 aromatic rings. The van der Waals surface area contributed by atoms with E-state index < -0.39 is 0 Å². The maximum absolute atomic E-state index is 12.4. The van der Waals surface area contributed by atoms with Gasteiger partial charge in [-0.05, 0) is 38.3 Å². The maximum atomic E-state index is 12.4. The minimum Gasteiger partial charge on any atom is -0.378 e. The zero-order valence-corrected chi connectivity index (χ0v) is 13.9. The summed E-state index contributed by atoms with van der Waals surface area (Å²) in [4.78, 5) is 16.7. The minimum absolute atomic E-state index is 0.0832. The van der Waals surface area contributed by atoms with Gasteiger partial charge in [0.1, 0.15) is 0 Å². The Morgan fingerprint density at radius 3 is 2.61 bits per heavy atom. The van der Waals surface area contributed by atoms with Crippen LogP contribution < -0.4 is 10.2 Å². The molecule has 5 heteroatoms. The summed E-state index contributed by atoms with van der Waals surface area (Å²) in [7, 11) is 0. The molecule has 2 amide bonds. The van der Waals surface area contributed by atoms with E-state index in [1.807, 2.05) is 17.9 Å². The van der Waals surface area contributed by atoms with E-state index in [-0.39, 0.29) is 12.1 Å². The number of hydrogen-bond donors (Lipinski definition) is 1.